The maximum absolute atomic E-state index is 12.2. The Kier molecular flexibility index (Phi) is 5.24. The van der Waals surface area contributed by atoms with Crippen LogP contribution in [0.5, 0.6) is 5.75 Å². The minimum absolute atomic E-state index is 0.187. The van der Waals surface area contributed by atoms with Gasteiger partial charge >= 0.3 is 5.97 Å². The molecule has 2 aromatic carbocycles. The fraction of sp³-hybridized carbons (Fsp3) is 0.333. The Morgan fingerprint density at radius 2 is 1.83 bits per heavy atom. The normalized spacial score (nSPS) is 15.2. The van der Waals surface area contributed by atoms with Crippen molar-refractivity contribution >= 4 is 22.8 Å². The average Bonchev–Trinajstić information content (AvgIpc) is 3.28. The summed E-state index contributed by atoms with van der Waals surface area (Å²) in [6.07, 6.45) is 1.47. The molecule has 1 heterocycles. The number of hydrogen-bond acceptors (Lipinski definition) is 4. The summed E-state index contributed by atoms with van der Waals surface area (Å²) in [7, 11) is 1.33. The zero-order valence-corrected chi connectivity index (χ0v) is 17.5. The lowest BCUT2D eigenvalue weighted by Gasteiger charge is -2.15. The van der Waals surface area contributed by atoms with Crippen LogP contribution in [0.1, 0.15) is 40.3 Å². The molecule has 0 fully saturated rings. The van der Waals surface area contributed by atoms with Crippen LogP contribution in [0.2, 0.25) is 0 Å². The summed E-state index contributed by atoms with van der Waals surface area (Å²) in [5.74, 6) is -0.570. The highest BCUT2D eigenvalue weighted by molar-refractivity contribution is 5.97. The van der Waals surface area contributed by atoms with Gasteiger partial charge in [0.05, 0.1) is 18.5 Å². The Morgan fingerprint density at radius 1 is 1.13 bits per heavy atom. The highest BCUT2D eigenvalue weighted by Crippen LogP contribution is 2.44. The van der Waals surface area contributed by atoms with Crippen LogP contribution in [0.15, 0.2) is 36.4 Å². The number of amides is 1. The van der Waals surface area contributed by atoms with E-state index >= 15 is 0 Å². The van der Waals surface area contributed by atoms with Crippen molar-refractivity contribution in [1.82, 2.24) is 4.57 Å². The quantitative estimate of drug-likeness (QED) is 0.636. The second-order valence-electron chi connectivity index (χ2n) is 7.83. The van der Waals surface area contributed by atoms with Gasteiger partial charge in [0.15, 0.2) is 6.61 Å². The largest absolute Gasteiger partial charge is 0.481 e. The zero-order chi connectivity index (χ0) is 21.4. The van der Waals surface area contributed by atoms with Gasteiger partial charge in [0.1, 0.15) is 5.75 Å². The number of carbonyl (C=O) groups is 2. The van der Waals surface area contributed by atoms with Crippen molar-refractivity contribution in [2.24, 2.45) is 5.73 Å². The number of aromatic nitrogens is 1. The van der Waals surface area contributed by atoms with Gasteiger partial charge in [-0.25, -0.2) is 4.79 Å². The third kappa shape index (κ3) is 3.32. The molecule has 156 valence electrons. The minimum atomic E-state index is -0.454. The maximum Gasteiger partial charge on any atom is 0.343 e. The second kappa shape index (κ2) is 7.86. The van der Waals surface area contributed by atoms with Gasteiger partial charge in [-0.2, -0.15) is 0 Å². The third-order valence-corrected chi connectivity index (χ3v) is 6.10. The third-order valence-electron chi connectivity index (χ3n) is 6.10. The average molecular weight is 406 g/mol. The molecule has 1 unspecified atom stereocenters. The first-order chi connectivity index (χ1) is 14.4. The number of ether oxygens (including phenoxy) is 2. The predicted octanol–water partition coefficient (Wildman–Crippen LogP) is 3.37. The van der Waals surface area contributed by atoms with E-state index in [9.17, 15) is 9.59 Å². The molecule has 0 saturated heterocycles. The molecule has 6 nitrogen and oxygen atoms in total. The minimum Gasteiger partial charge on any atom is -0.481 e. The fourth-order valence-electron chi connectivity index (χ4n) is 4.56. The summed E-state index contributed by atoms with van der Waals surface area (Å²) >= 11 is 0. The first-order valence-corrected chi connectivity index (χ1v) is 10.1. The molecular formula is C24H26N2O4. The maximum atomic E-state index is 12.2. The molecule has 0 bridgehead atoms. The molecular weight excluding hydrogens is 380 g/mol. The van der Waals surface area contributed by atoms with E-state index in [-0.39, 0.29) is 18.4 Å². The number of nitrogens with zero attached hydrogens (tertiary/aromatic N) is 1. The van der Waals surface area contributed by atoms with Gasteiger partial charge in [0, 0.05) is 17.6 Å². The number of nitrogens with two attached hydrogens (primary N) is 1. The van der Waals surface area contributed by atoms with Gasteiger partial charge in [-0.3, -0.25) is 4.79 Å². The van der Waals surface area contributed by atoms with E-state index in [0.717, 1.165) is 28.6 Å². The van der Waals surface area contributed by atoms with E-state index in [1.54, 1.807) is 0 Å². The first kappa shape index (κ1) is 20.0. The van der Waals surface area contributed by atoms with Crippen molar-refractivity contribution in [1.29, 1.82) is 0 Å². The number of benzene rings is 2. The Hall–Kier alpha value is -3.28. The van der Waals surface area contributed by atoms with Crippen LogP contribution in [0.25, 0.3) is 10.9 Å². The summed E-state index contributed by atoms with van der Waals surface area (Å²) in [6.45, 7) is 4.75. The number of hydrogen-bond donors (Lipinski definition) is 1. The van der Waals surface area contributed by atoms with E-state index in [4.69, 9.17) is 15.2 Å². The standard InChI is InChI=1S/C24H26N2O4/c1-14-6-4-7-15(2)17(14)12-26-18-8-5-9-20(30-13-21(27)29-3)23(18)22-16(24(25)28)10-11-19(22)26/h4-9,16H,10-13H2,1-3H3,(H2,25,28). The van der Waals surface area contributed by atoms with E-state index < -0.39 is 5.97 Å². The van der Waals surface area contributed by atoms with Crippen LogP contribution in [-0.4, -0.2) is 30.2 Å². The molecule has 1 aromatic heterocycles. The van der Waals surface area contributed by atoms with Crippen molar-refractivity contribution in [3.05, 3.63) is 64.3 Å². The fourth-order valence-corrected chi connectivity index (χ4v) is 4.56. The highest BCUT2D eigenvalue weighted by Gasteiger charge is 2.34. The monoisotopic (exact) mass is 406 g/mol. The van der Waals surface area contributed by atoms with Gasteiger partial charge in [0.2, 0.25) is 5.91 Å². The lowest BCUT2D eigenvalue weighted by molar-refractivity contribution is -0.142. The lowest BCUT2D eigenvalue weighted by Crippen LogP contribution is -2.19. The van der Waals surface area contributed by atoms with Gasteiger partial charge < -0.3 is 19.8 Å². The van der Waals surface area contributed by atoms with Crippen LogP contribution >= 0.6 is 0 Å². The molecule has 3 aromatic rings. The number of carbonyl (C=O) groups excluding carboxylic acids is 2. The molecule has 4 rings (SSSR count). The van der Waals surface area contributed by atoms with E-state index in [2.05, 4.69) is 36.6 Å². The van der Waals surface area contributed by atoms with Gasteiger partial charge in [-0.05, 0) is 61.1 Å². The SMILES string of the molecule is COC(=O)COc1cccc2c1c1c(n2Cc2c(C)cccc2C)CCC1C(N)=O. The van der Waals surface area contributed by atoms with Gasteiger partial charge in [0.25, 0.3) is 0 Å². The molecule has 1 amide bonds. The molecule has 1 aliphatic carbocycles. The van der Waals surface area contributed by atoms with Crippen LogP contribution in [0.3, 0.4) is 0 Å². The Morgan fingerprint density at radius 3 is 2.50 bits per heavy atom. The number of methoxy groups -OCH3 is 1. The number of aryl methyl sites for hydroxylation is 2. The van der Waals surface area contributed by atoms with E-state index in [1.165, 1.54) is 23.8 Å². The van der Waals surface area contributed by atoms with Crippen molar-refractivity contribution in [3.63, 3.8) is 0 Å². The molecule has 0 radical (unpaired) electrons. The summed E-state index contributed by atoms with van der Waals surface area (Å²) in [4.78, 5) is 23.8. The predicted molar refractivity (Wildman–Crippen MR) is 115 cm³/mol. The highest BCUT2D eigenvalue weighted by atomic mass is 16.6. The Labute approximate surface area is 175 Å². The van der Waals surface area contributed by atoms with Crippen LogP contribution in [0.4, 0.5) is 0 Å². The molecule has 0 saturated carbocycles. The Balaban J connectivity index is 1.90. The van der Waals surface area contributed by atoms with Gasteiger partial charge in [-0.1, -0.05) is 24.3 Å². The molecule has 30 heavy (non-hydrogen) atoms. The molecule has 1 atom stereocenters. The van der Waals surface area contributed by atoms with Crippen LogP contribution in [-0.2, 0) is 27.3 Å². The smallest absolute Gasteiger partial charge is 0.343 e. The summed E-state index contributed by atoms with van der Waals surface area (Å²) in [6, 6.07) is 12.1. The summed E-state index contributed by atoms with van der Waals surface area (Å²) in [5, 5.41) is 0.865. The van der Waals surface area contributed by atoms with Crippen LogP contribution < -0.4 is 10.5 Å². The molecule has 6 heteroatoms. The van der Waals surface area contributed by atoms with Crippen molar-refractivity contribution in [2.45, 2.75) is 39.2 Å². The number of fused-ring (bicyclic) bond motifs is 3. The van der Waals surface area contributed by atoms with Crippen molar-refractivity contribution < 1.29 is 19.1 Å². The molecule has 2 N–H and O–H groups in total. The number of rotatable bonds is 6. The summed E-state index contributed by atoms with van der Waals surface area (Å²) < 4.78 is 12.8. The first-order valence-electron chi connectivity index (χ1n) is 10.1. The lowest BCUT2D eigenvalue weighted by atomic mass is 9.99. The van der Waals surface area contributed by atoms with Gasteiger partial charge in [-0.15, -0.1) is 0 Å². The number of esters is 1. The number of primary amides is 1. The summed E-state index contributed by atoms with van der Waals surface area (Å²) in [5.41, 5.74) is 12.5. The Bertz CT molecular complexity index is 1130. The molecule has 0 spiro atoms. The van der Waals surface area contributed by atoms with Crippen LogP contribution in [0, 0.1) is 13.8 Å². The van der Waals surface area contributed by atoms with Crippen molar-refractivity contribution in [3.8, 4) is 5.75 Å². The van der Waals surface area contributed by atoms with Crippen molar-refractivity contribution in [2.75, 3.05) is 13.7 Å². The topological polar surface area (TPSA) is 83.6 Å². The zero-order valence-electron chi connectivity index (χ0n) is 17.5. The van der Waals surface area contributed by atoms with E-state index in [1.807, 2.05) is 18.2 Å². The molecule has 1 aliphatic rings. The van der Waals surface area contributed by atoms with E-state index in [0.29, 0.717) is 18.7 Å². The molecule has 0 aliphatic heterocycles. The second-order valence-corrected chi connectivity index (χ2v) is 7.83.